The topological polar surface area (TPSA) is 72.2 Å². The van der Waals surface area contributed by atoms with E-state index in [2.05, 4.69) is 41.6 Å². The van der Waals surface area contributed by atoms with Crippen LogP contribution >= 0.6 is 0 Å². The van der Waals surface area contributed by atoms with E-state index in [0.717, 1.165) is 11.3 Å². The molecule has 0 bridgehead atoms. The first-order valence-electron chi connectivity index (χ1n) is 6.89. The minimum Gasteiger partial charge on any atom is -0.406 e. The number of nitrogens with zero attached hydrogens (tertiary/aromatic N) is 2. The molecule has 0 fully saturated rings. The highest BCUT2D eigenvalue weighted by atomic mass is 16.5. The summed E-state index contributed by atoms with van der Waals surface area (Å²) in [6.45, 7) is 7.32. The van der Waals surface area contributed by atoms with Crippen molar-refractivity contribution in [2.24, 2.45) is 0 Å². The normalized spacial score (nSPS) is 11.6. The first-order valence-corrected chi connectivity index (χ1v) is 6.89. The lowest BCUT2D eigenvalue weighted by molar-refractivity contribution is 0.185. The molecule has 1 aromatic heterocycles. The average molecular weight is 290 g/mol. The maximum Gasteiger partial charge on any atom is 0.320 e. The second kappa shape index (κ2) is 6.69. The molecule has 0 aliphatic carbocycles. The van der Waals surface area contributed by atoms with Crippen molar-refractivity contribution in [1.82, 2.24) is 15.5 Å². The van der Waals surface area contributed by atoms with Crippen molar-refractivity contribution in [2.45, 2.75) is 39.5 Å². The Labute approximate surface area is 124 Å². The molecule has 0 radical (unpaired) electrons. The number of hydrogen-bond acceptors (Lipinski definition) is 6. The zero-order valence-corrected chi connectivity index (χ0v) is 12.9. The van der Waals surface area contributed by atoms with Crippen LogP contribution in [0.5, 0.6) is 0 Å². The van der Waals surface area contributed by atoms with Crippen LogP contribution in [0, 0.1) is 0 Å². The molecule has 1 aromatic carbocycles. The van der Waals surface area contributed by atoms with Gasteiger partial charge in [0.25, 0.3) is 0 Å². The van der Waals surface area contributed by atoms with Gasteiger partial charge in [-0.3, -0.25) is 0 Å². The van der Waals surface area contributed by atoms with Gasteiger partial charge in [-0.2, -0.15) is 0 Å². The number of anilines is 2. The summed E-state index contributed by atoms with van der Waals surface area (Å²) in [7, 11) is 1.67. The average Bonchev–Trinajstić information content (AvgIpc) is 2.86. The minimum atomic E-state index is 0.00707. The van der Waals surface area contributed by atoms with Gasteiger partial charge in [-0.1, -0.05) is 23.3 Å². The number of benzene rings is 1. The van der Waals surface area contributed by atoms with Gasteiger partial charge in [0.1, 0.15) is 0 Å². The minimum absolute atomic E-state index is 0.00707. The summed E-state index contributed by atoms with van der Waals surface area (Å²) in [5.74, 6) is 0.552. The number of ether oxygens (including phenoxy) is 1. The Hall–Kier alpha value is -1.92. The fourth-order valence-electron chi connectivity index (χ4n) is 1.76. The molecule has 0 atom stereocenters. The van der Waals surface area contributed by atoms with E-state index in [-0.39, 0.29) is 5.54 Å². The van der Waals surface area contributed by atoms with Crippen LogP contribution < -0.4 is 10.6 Å². The van der Waals surface area contributed by atoms with Gasteiger partial charge >= 0.3 is 6.01 Å². The third-order valence-electron chi connectivity index (χ3n) is 2.80. The fraction of sp³-hybridized carbons (Fsp3) is 0.467. The molecule has 6 heteroatoms. The number of nitrogens with one attached hydrogen (secondary N) is 2. The van der Waals surface area contributed by atoms with Crippen molar-refractivity contribution < 1.29 is 9.15 Å². The Bertz CT molecular complexity index is 575. The Kier molecular flexibility index (Phi) is 4.93. The molecule has 2 N–H and O–H groups in total. The molecule has 0 aliphatic rings. The second-order valence-corrected chi connectivity index (χ2v) is 5.82. The van der Waals surface area contributed by atoms with Gasteiger partial charge in [-0.15, -0.1) is 5.10 Å². The quantitative estimate of drug-likeness (QED) is 0.852. The third-order valence-corrected chi connectivity index (χ3v) is 2.80. The van der Waals surface area contributed by atoms with E-state index in [0.29, 0.717) is 25.1 Å². The zero-order valence-electron chi connectivity index (χ0n) is 12.9. The monoisotopic (exact) mass is 290 g/mol. The standard InChI is InChI=1S/C15H22N4O2/c1-15(2,3)16-9-13-18-19-14(21-13)17-12-8-6-5-7-11(12)10-20-4/h5-8,16H,9-10H2,1-4H3,(H,17,19). The molecule has 0 amide bonds. The van der Waals surface area contributed by atoms with Gasteiger partial charge < -0.3 is 19.8 Å². The maximum atomic E-state index is 5.58. The Balaban J connectivity index is 2.02. The fourth-order valence-corrected chi connectivity index (χ4v) is 1.76. The number of para-hydroxylation sites is 1. The highest BCUT2D eigenvalue weighted by Crippen LogP contribution is 2.20. The molecule has 0 saturated heterocycles. The largest absolute Gasteiger partial charge is 0.406 e. The first-order chi connectivity index (χ1) is 9.98. The highest BCUT2D eigenvalue weighted by Gasteiger charge is 2.12. The predicted molar refractivity (Wildman–Crippen MR) is 81.3 cm³/mol. The van der Waals surface area contributed by atoms with E-state index in [4.69, 9.17) is 9.15 Å². The molecular weight excluding hydrogens is 268 g/mol. The van der Waals surface area contributed by atoms with Gasteiger partial charge in [0, 0.05) is 23.9 Å². The summed E-state index contributed by atoms with van der Waals surface area (Å²) in [5.41, 5.74) is 1.94. The zero-order chi connectivity index (χ0) is 15.3. The van der Waals surface area contributed by atoms with E-state index in [1.165, 1.54) is 0 Å². The van der Waals surface area contributed by atoms with Crippen LogP contribution in [0.4, 0.5) is 11.7 Å². The summed E-state index contributed by atoms with van der Waals surface area (Å²) in [6.07, 6.45) is 0. The van der Waals surface area contributed by atoms with Gasteiger partial charge in [0.05, 0.1) is 13.2 Å². The van der Waals surface area contributed by atoms with Gasteiger partial charge in [0.2, 0.25) is 5.89 Å². The SMILES string of the molecule is COCc1ccccc1Nc1nnc(CNC(C)(C)C)o1. The van der Waals surface area contributed by atoms with E-state index in [9.17, 15) is 0 Å². The molecule has 6 nitrogen and oxygen atoms in total. The van der Waals surface area contributed by atoms with Crippen LogP contribution in [0.3, 0.4) is 0 Å². The lowest BCUT2D eigenvalue weighted by atomic mass is 10.1. The molecule has 2 rings (SSSR count). The van der Waals surface area contributed by atoms with Crippen LogP contribution in [-0.2, 0) is 17.9 Å². The Morgan fingerprint density at radius 2 is 1.95 bits per heavy atom. The van der Waals surface area contributed by atoms with Crippen molar-refractivity contribution in [3.8, 4) is 0 Å². The molecular formula is C15H22N4O2. The third kappa shape index (κ3) is 4.84. The molecule has 0 unspecified atom stereocenters. The summed E-state index contributed by atoms with van der Waals surface area (Å²) in [6, 6.07) is 8.23. The van der Waals surface area contributed by atoms with Crippen LogP contribution in [0.25, 0.3) is 0 Å². The van der Waals surface area contributed by atoms with Crippen molar-refractivity contribution in [3.63, 3.8) is 0 Å². The smallest absolute Gasteiger partial charge is 0.320 e. The number of aromatic nitrogens is 2. The number of methoxy groups -OCH3 is 1. The molecule has 21 heavy (non-hydrogen) atoms. The first kappa shape index (κ1) is 15.5. The Morgan fingerprint density at radius 1 is 1.19 bits per heavy atom. The van der Waals surface area contributed by atoms with Gasteiger partial charge in [0.15, 0.2) is 0 Å². The molecule has 0 spiro atoms. The van der Waals surface area contributed by atoms with E-state index >= 15 is 0 Å². The lowest BCUT2D eigenvalue weighted by Crippen LogP contribution is -2.35. The van der Waals surface area contributed by atoms with Crippen molar-refractivity contribution >= 4 is 11.7 Å². The summed E-state index contributed by atoms with van der Waals surface area (Å²) in [4.78, 5) is 0. The summed E-state index contributed by atoms with van der Waals surface area (Å²) < 4.78 is 10.8. The van der Waals surface area contributed by atoms with Crippen molar-refractivity contribution in [3.05, 3.63) is 35.7 Å². The Morgan fingerprint density at radius 3 is 2.67 bits per heavy atom. The van der Waals surface area contributed by atoms with Crippen LogP contribution in [0.15, 0.2) is 28.7 Å². The van der Waals surface area contributed by atoms with Crippen LogP contribution in [-0.4, -0.2) is 22.8 Å². The van der Waals surface area contributed by atoms with Crippen molar-refractivity contribution in [2.75, 3.05) is 12.4 Å². The molecule has 0 aliphatic heterocycles. The predicted octanol–water partition coefficient (Wildman–Crippen LogP) is 2.85. The van der Waals surface area contributed by atoms with Gasteiger partial charge in [-0.25, -0.2) is 0 Å². The molecule has 114 valence electrons. The highest BCUT2D eigenvalue weighted by molar-refractivity contribution is 5.57. The van der Waals surface area contributed by atoms with Gasteiger partial charge in [-0.05, 0) is 26.8 Å². The molecule has 2 aromatic rings. The maximum absolute atomic E-state index is 5.58. The molecule has 0 saturated carbocycles. The number of rotatable bonds is 6. The summed E-state index contributed by atoms with van der Waals surface area (Å²) in [5, 5.41) is 14.5. The van der Waals surface area contributed by atoms with Crippen LogP contribution in [0.1, 0.15) is 32.2 Å². The summed E-state index contributed by atoms with van der Waals surface area (Å²) >= 11 is 0. The number of hydrogen-bond donors (Lipinski definition) is 2. The van der Waals surface area contributed by atoms with E-state index in [1.807, 2.05) is 24.3 Å². The van der Waals surface area contributed by atoms with E-state index < -0.39 is 0 Å². The van der Waals surface area contributed by atoms with Crippen LogP contribution in [0.2, 0.25) is 0 Å². The lowest BCUT2D eigenvalue weighted by Gasteiger charge is -2.18. The second-order valence-electron chi connectivity index (χ2n) is 5.82. The molecule has 1 heterocycles. The van der Waals surface area contributed by atoms with E-state index in [1.54, 1.807) is 7.11 Å². The van der Waals surface area contributed by atoms with Crippen molar-refractivity contribution in [1.29, 1.82) is 0 Å².